The summed E-state index contributed by atoms with van der Waals surface area (Å²) in [5.74, 6) is -0.767. The summed E-state index contributed by atoms with van der Waals surface area (Å²) in [6.07, 6.45) is 2.47. The second-order valence-corrected chi connectivity index (χ2v) is 4.78. The van der Waals surface area contributed by atoms with Gasteiger partial charge in [0.15, 0.2) is 0 Å². The highest BCUT2D eigenvalue weighted by molar-refractivity contribution is 5.73. The molecule has 0 saturated heterocycles. The van der Waals surface area contributed by atoms with Crippen LogP contribution in [0.3, 0.4) is 0 Å². The average Bonchev–Trinajstić information content (AvgIpc) is 2.43. The standard InChI is InChI=1S/C15H22N2O3/c1-17(12-13-8-4-2-5-9-13)15(20)16-11-7-3-6-10-14(18)19/h2,4-5,8-9H,3,6-7,10-12H2,1H3,(H,16,20)(H,18,19). The maximum Gasteiger partial charge on any atom is 0.317 e. The fourth-order valence-electron chi connectivity index (χ4n) is 1.84. The van der Waals surface area contributed by atoms with E-state index < -0.39 is 5.97 Å². The minimum Gasteiger partial charge on any atom is -0.481 e. The number of nitrogens with one attached hydrogen (secondary N) is 1. The molecule has 0 atom stereocenters. The zero-order valence-electron chi connectivity index (χ0n) is 11.8. The Labute approximate surface area is 119 Å². The first-order valence-electron chi connectivity index (χ1n) is 6.84. The molecule has 0 radical (unpaired) electrons. The molecule has 2 amide bonds. The molecule has 2 N–H and O–H groups in total. The van der Waals surface area contributed by atoms with Gasteiger partial charge in [0.25, 0.3) is 0 Å². The van der Waals surface area contributed by atoms with Gasteiger partial charge in [-0.15, -0.1) is 0 Å². The fraction of sp³-hybridized carbons (Fsp3) is 0.467. The lowest BCUT2D eigenvalue weighted by atomic mass is 10.2. The van der Waals surface area contributed by atoms with Crippen molar-refractivity contribution in [1.29, 1.82) is 0 Å². The lowest BCUT2D eigenvalue weighted by molar-refractivity contribution is -0.137. The number of nitrogens with zero attached hydrogens (tertiary/aromatic N) is 1. The lowest BCUT2D eigenvalue weighted by Crippen LogP contribution is -2.37. The van der Waals surface area contributed by atoms with Crippen molar-refractivity contribution in [2.75, 3.05) is 13.6 Å². The summed E-state index contributed by atoms with van der Waals surface area (Å²) in [6, 6.07) is 9.70. The monoisotopic (exact) mass is 278 g/mol. The molecule has 0 aliphatic heterocycles. The summed E-state index contributed by atoms with van der Waals surface area (Å²) in [7, 11) is 1.76. The van der Waals surface area contributed by atoms with Crippen LogP contribution in [0, 0.1) is 0 Å². The van der Waals surface area contributed by atoms with Crippen LogP contribution in [0.4, 0.5) is 4.79 Å². The Hall–Kier alpha value is -2.04. The first-order valence-corrected chi connectivity index (χ1v) is 6.84. The highest BCUT2D eigenvalue weighted by Crippen LogP contribution is 2.03. The highest BCUT2D eigenvalue weighted by Gasteiger charge is 2.07. The van der Waals surface area contributed by atoms with Crippen LogP contribution in [0.1, 0.15) is 31.2 Å². The molecule has 0 heterocycles. The van der Waals surface area contributed by atoms with Crippen LogP contribution in [-0.4, -0.2) is 35.6 Å². The Morgan fingerprint density at radius 3 is 2.50 bits per heavy atom. The summed E-state index contributed by atoms with van der Waals surface area (Å²) < 4.78 is 0. The van der Waals surface area contributed by atoms with Gasteiger partial charge in [0, 0.05) is 26.6 Å². The molecule has 5 nitrogen and oxygen atoms in total. The number of hydrogen-bond acceptors (Lipinski definition) is 2. The Balaban J connectivity index is 2.14. The predicted molar refractivity (Wildman–Crippen MR) is 77.4 cm³/mol. The Morgan fingerprint density at radius 1 is 1.15 bits per heavy atom. The molecule has 0 aliphatic rings. The van der Waals surface area contributed by atoms with Crippen LogP contribution < -0.4 is 5.32 Å². The molecule has 0 aromatic heterocycles. The number of amides is 2. The Kier molecular flexibility index (Phi) is 7.17. The van der Waals surface area contributed by atoms with E-state index in [1.54, 1.807) is 11.9 Å². The number of unbranched alkanes of at least 4 members (excludes halogenated alkanes) is 2. The van der Waals surface area contributed by atoms with Crippen molar-refractivity contribution in [2.24, 2.45) is 0 Å². The van der Waals surface area contributed by atoms with Crippen molar-refractivity contribution in [3.63, 3.8) is 0 Å². The number of aliphatic carboxylic acids is 1. The quantitative estimate of drug-likeness (QED) is 0.718. The molecule has 0 spiro atoms. The Morgan fingerprint density at radius 2 is 1.85 bits per heavy atom. The molecule has 0 saturated carbocycles. The summed E-state index contributed by atoms with van der Waals surface area (Å²) in [5.41, 5.74) is 1.09. The molecule has 1 aromatic rings. The summed E-state index contributed by atoms with van der Waals surface area (Å²) in [5, 5.41) is 11.3. The third kappa shape index (κ3) is 6.78. The fourth-order valence-corrected chi connectivity index (χ4v) is 1.84. The molecule has 1 aromatic carbocycles. The van der Waals surface area contributed by atoms with Gasteiger partial charge in [-0.1, -0.05) is 36.8 Å². The van der Waals surface area contributed by atoms with Crippen molar-refractivity contribution >= 4 is 12.0 Å². The van der Waals surface area contributed by atoms with Crippen molar-refractivity contribution in [3.05, 3.63) is 35.9 Å². The van der Waals surface area contributed by atoms with Gasteiger partial charge in [-0.05, 0) is 18.4 Å². The summed E-state index contributed by atoms with van der Waals surface area (Å²) in [4.78, 5) is 23.8. The van der Waals surface area contributed by atoms with Crippen molar-refractivity contribution < 1.29 is 14.7 Å². The van der Waals surface area contributed by atoms with Crippen molar-refractivity contribution in [1.82, 2.24) is 10.2 Å². The molecule has 0 fully saturated rings. The minimum absolute atomic E-state index is 0.105. The molecule has 0 bridgehead atoms. The number of carboxylic acid groups (broad SMARTS) is 1. The third-order valence-electron chi connectivity index (χ3n) is 2.95. The van der Waals surface area contributed by atoms with E-state index in [9.17, 15) is 9.59 Å². The topological polar surface area (TPSA) is 69.6 Å². The third-order valence-corrected chi connectivity index (χ3v) is 2.95. The van der Waals surface area contributed by atoms with Gasteiger partial charge >= 0.3 is 12.0 Å². The van der Waals surface area contributed by atoms with Crippen LogP contribution >= 0.6 is 0 Å². The summed E-state index contributed by atoms with van der Waals surface area (Å²) >= 11 is 0. The van der Waals surface area contributed by atoms with E-state index in [0.29, 0.717) is 19.5 Å². The maximum atomic E-state index is 11.8. The number of carbonyl (C=O) groups excluding carboxylic acids is 1. The smallest absolute Gasteiger partial charge is 0.317 e. The van der Waals surface area contributed by atoms with E-state index >= 15 is 0 Å². The number of carbonyl (C=O) groups is 2. The van der Waals surface area contributed by atoms with Crippen molar-refractivity contribution in [2.45, 2.75) is 32.2 Å². The zero-order valence-corrected chi connectivity index (χ0v) is 11.8. The van der Waals surface area contributed by atoms with E-state index in [0.717, 1.165) is 18.4 Å². The van der Waals surface area contributed by atoms with Crippen LogP contribution in [-0.2, 0) is 11.3 Å². The van der Waals surface area contributed by atoms with E-state index in [-0.39, 0.29) is 12.5 Å². The van der Waals surface area contributed by atoms with Gasteiger partial charge in [0.1, 0.15) is 0 Å². The van der Waals surface area contributed by atoms with Crippen LogP contribution in [0.15, 0.2) is 30.3 Å². The molecule has 0 aliphatic carbocycles. The van der Waals surface area contributed by atoms with E-state index in [4.69, 9.17) is 5.11 Å². The molecule has 20 heavy (non-hydrogen) atoms. The molecule has 110 valence electrons. The highest BCUT2D eigenvalue weighted by atomic mass is 16.4. The van der Waals surface area contributed by atoms with E-state index in [2.05, 4.69) is 5.32 Å². The first kappa shape index (κ1) is 16.0. The van der Waals surface area contributed by atoms with Crippen LogP contribution in [0.2, 0.25) is 0 Å². The van der Waals surface area contributed by atoms with Gasteiger partial charge in [-0.2, -0.15) is 0 Å². The Bertz CT molecular complexity index is 420. The number of rotatable bonds is 8. The van der Waals surface area contributed by atoms with Crippen LogP contribution in [0.25, 0.3) is 0 Å². The SMILES string of the molecule is CN(Cc1ccccc1)C(=O)NCCCCCC(=O)O. The molecule has 1 rings (SSSR count). The van der Waals surface area contributed by atoms with Gasteiger partial charge in [-0.25, -0.2) is 4.79 Å². The van der Waals surface area contributed by atoms with Gasteiger partial charge in [0.2, 0.25) is 0 Å². The van der Waals surface area contributed by atoms with E-state index in [1.165, 1.54) is 0 Å². The molecule has 5 heteroatoms. The lowest BCUT2D eigenvalue weighted by Gasteiger charge is -2.18. The predicted octanol–water partition coefficient (Wildman–Crippen LogP) is 2.47. The van der Waals surface area contributed by atoms with E-state index in [1.807, 2.05) is 30.3 Å². The number of urea groups is 1. The second kappa shape index (κ2) is 8.96. The van der Waals surface area contributed by atoms with Gasteiger partial charge in [0.05, 0.1) is 0 Å². The summed E-state index contributed by atoms with van der Waals surface area (Å²) in [6.45, 7) is 1.16. The number of hydrogen-bond donors (Lipinski definition) is 2. The first-order chi connectivity index (χ1) is 9.59. The molecule has 0 unspecified atom stereocenters. The largest absolute Gasteiger partial charge is 0.481 e. The molecular weight excluding hydrogens is 256 g/mol. The number of carboxylic acids is 1. The maximum absolute atomic E-state index is 11.8. The zero-order chi connectivity index (χ0) is 14.8. The molecular formula is C15H22N2O3. The van der Waals surface area contributed by atoms with Crippen LogP contribution in [0.5, 0.6) is 0 Å². The normalized spacial score (nSPS) is 10.1. The van der Waals surface area contributed by atoms with Gasteiger partial charge in [-0.3, -0.25) is 4.79 Å². The van der Waals surface area contributed by atoms with Crippen molar-refractivity contribution in [3.8, 4) is 0 Å². The number of benzene rings is 1. The van der Waals surface area contributed by atoms with Gasteiger partial charge < -0.3 is 15.3 Å². The second-order valence-electron chi connectivity index (χ2n) is 4.78. The minimum atomic E-state index is -0.767. The average molecular weight is 278 g/mol.